The molecule has 1 saturated heterocycles. The van der Waals surface area contributed by atoms with E-state index in [-0.39, 0.29) is 44.7 Å². The lowest BCUT2D eigenvalue weighted by Gasteiger charge is -2.37. The molecule has 4 aliphatic rings. The van der Waals surface area contributed by atoms with E-state index in [4.69, 9.17) is 9.47 Å². The first-order chi connectivity index (χ1) is 26.0. The number of hydrogen-bond acceptors (Lipinski definition) is 10. The lowest BCUT2D eigenvalue weighted by atomic mass is 9.78. The predicted octanol–water partition coefficient (Wildman–Crippen LogP) is 3.76. The van der Waals surface area contributed by atoms with Gasteiger partial charge in [0.15, 0.2) is 5.78 Å². The Morgan fingerprint density at radius 2 is 1.75 bits per heavy atom. The van der Waals surface area contributed by atoms with Gasteiger partial charge in [0, 0.05) is 36.3 Å². The largest absolute Gasteiger partial charge is 0.444 e. The van der Waals surface area contributed by atoms with Crippen LogP contribution in [0.5, 0.6) is 0 Å². The zero-order chi connectivity index (χ0) is 41.5. The highest BCUT2D eigenvalue weighted by molar-refractivity contribution is 7.91. The summed E-state index contributed by atoms with van der Waals surface area (Å²) in [6, 6.07) is 1.68. The van der Waals surface area contributed by atoms with Crippen molar-refractivity contribution in [3.63, 3.8) is 0 Å². The molecule has 2 saturated carbocycles. The number of hydrogen-bond donors (Lipinski definition) is 3. The van der Waals surface area contributed by atoms with Gasteiger partial charge in [0.1, 0.15) is 35.1 Å². The van der Waals surface area contributed by atoms with E-state index in [2.05, 4.69) is 21.9 Å². The molecule has 5 atom stereocenters. The Hall–Kier alpha value is -4.80. The Labute approximate surface area is 326 Å². The van der Waals surface area contributed by atoms with Crippen LogP contribution in [0, 0.1) is 17.2 Å². The maximum absolute atomic E-state index is 14.8. The van der Waals surface area contributed by atoms with Crippen molar-refractivity contribution in [2.45, 2.75) is 128 Å². The summed E-state index contributed by atoms with van der Waals surface area (Å²) in [6.07, 6.45) is 0.399. The second-order valence-electron chi connectivity index (χ2n) is 17.1. The SMILES string of the molecule is C=C[C@@H]1C[C@]1(NC(=O)C1C[C@@H](OC(=O)N2Cc3cccc(F)c3C2)CN1C(=O)[C@@H](NC(=O)OC(C)(C)C)C(C)(C)CC(=O)C=C(C)C)C(=O)NS(=O)(=O)C1CC1. The quantitative estimate of drug-likeness (QED) is 0.195. The minimum atomic E-state index is -3.98. The van der Waals surface area contributed by atoms with E-state index >= 15 is 0 Å². The van der Waals surface area contributed by atoms with Crippen molar-refractivity contribution in [2.75, 3.05) is 6.54 Å². The Morgan fingerprint density at radius 1 is 1.07 bits per heavy atom. The van der Waals surface area contributed by atoms with Crippen molar-refractivity contribution in [3.05, 3.63) is 59.4 Å². The van der Waals surface area contributed by atoms with Gasteiger partial charge in [0.05, 0.1) is 18.3 Å². The number of nitrogens with zero attached hydrogens (tertiary/aromatic N) is 2. The second-order valence-corrected chi connectivity index (χ2v) is 19.1. The van der Waals surface area contributed by atoms with Gasteiger partial charge in [-0.25, -0.2) is 22.4 Å². The molecule has 2 aliphatic heterocycles. The van der Waals surface area contributed by atoms with Crippen LogP contribution in [0.25, 0.3) is 0 Å². The predicted molar refractivity (Wildman–Crippen MR) is 201 cm³/mol. The van der Waals surface area contributed by atoms with Gasteiger partial charge in [-0.15, -0.1) is 6.58 Å². The lowest BCUT2D eigenvalue weighted by molar-refractivity contribution is -0.143. The topological polar surface area (TPSA) is 198 Å². The van der Waals surface area contributed by atoms with Gasteiger partial charge in [0.2, 0.25) is 21.8 Å². The van der Waals surface area contributed by atoms with E-state index in [0.29, 0.717) is 24.0 Å². The molecule has 17 heteroatoms. The Bertz CT molecular complexity index is 1950. The third-order valence-electron chi connectivity index (χ3n) is 10.3. The summed E-state index contributed by atoms with van der Waals surface area (Å²) in [4.78, 5) is 84.7. The van der Waals surface area contributed by atoms with E-state index < -0.39 is 91.7 Å². The third kappa shape index (κ3) is 9.59. The van der Waals surface area contributed by atoms with Crippen LogP contribution in [-0.2, 0) is 51.8 Å². The number of fused-ring (bicyclic) bond motifs is 1. The van der Waals surface area contributed by atoms with Crippen molar-refractivity contribution in [3.8, 4) is 0 Å². The Morgan fingerprint density at radius 3 is 2.32 bits per heavy atom. The number of ether oxygens (including phenoxy) is 2. The summed E-state index contributed by atoms with van der Waals surface area (Å²) in [5.74, 6) is -3.99. The summed E-state index contributed by atoms with van der Waals surface area (Å²) in [6.45, 7) is 15.0. The van der Waals surface area contributed by atoms with Crippen LogP contribution in [0.1, 0.15) is 91.7 Å². The number of nitrogens with one attached hydrogen (secondary N) is 3. The summed E-state index contributed by atoms with van der Waals surface area (Å²) < 4.78 is 53.3. The molecule has 5 rings (SSSR count). The summed E-state index contributed by atoms with van der Waals surface area (Å²) in [7, 11) is -3.98. The average Bonchev–Trinajstić information content (AvgIpc) is 3.96. The number of ketones is 1. The normalized spacial score (nSPS) is 23.6. The smallest absolute Gasteiger partial charge is 0.410 e. The molecular formula is C39H52FN5O10S. The fourth-order valence-corrected chi connectivity index (χ4v) is 8.59. The maximum atomic E-state index is 14.8. The third-order valence-corrected chi connectivity index (χ3v) is 12.1. The molecule has 0 bridgehead atoms. The first-order valence-electron chi connectivity index (χ1n) is 18.7. The van der Waals surface area contributed by atoms with Crippen LogP contribution >= 0.6 is 0 Å². The number of amides is 5. The molecule has 2 aliphatic carbocycles. The van der Waals surface area contributed by atoms with Crippen LogP contribution in [0.3, 0.4) is 0 Å². The highest BCUT2D eigenvalue weighted by atomic mass is 32.2. The molecular weight excluding hydrogens is 750 g/mol. The van der Waals surface area contributed by atoms with E-state index in [9.17, 15) is 41.6 Å². The molecule has 1 aromatic carbocycles. The molecule has 3 N–H and O–H groups in total. The van der Waals surface area contributed by atoms with Gasteiger partial charge in [-0.1, -0.05) is 37.6 Å². The number of halogens is 1. The first-order valence-corrected chi connectivity index (χ1v) is 20.2. The van der Waals surface area contributed by atoms with Crippen LogP contribution in [-0.4, -0.2) is 95.0 Å². The number of benzene rings is 1. The van der Waals surface area contributed by atoms with Crippen LogP contribution in [0.2, 0.25) is 0 Å². The average molecular weight is 802 g/mol. The standard InChI is InChI=1S/C39H52FN5O10S/c1-9-24-17-39(24,34(49)43-56(52,53)27-13-14-27)42-32(47)30-16-26(54-36(51)44-19-23-11-10-12-29(40)28(23)21-44)20-45(30)33(48)31(41-35(50)55-37(4,5)6)38(7,8)18-25(46)15-22(2)3/h9-12,15,24,26-27,30-31H,1,13-14,16-21H2,2-8H3,(H,41,50)(H,42,47)(H,43,49)/t24-,26-,30?,31-,39-/m1/s1. The molecule has 56 heavy (non-hydrogen) atoms. The number of rotatable bonds is 13. The number of allylic oxidation sites excluding steroid dienone is 2. The molecule has 306 valence electrons. The highest BCUT2D eigenvalue weighted by Gasteiger charge is 2.62. The van der Waals surface area contributed by atoms with E-state index in [1.54, 1.807) is 54.5 Å². The van der Waals surface area contributed by atoms with Crippen LogP contribution in [0.4, 0.5) is 14.0 Å². The van der Waals surface area contributed by atoms with Crippen molar-refractivity contribution >= 4 is 45.7 Å². The van der Waals surface area contributed by atoms with Crippen LogP contribution in [0.15, 0.2) is 42.5 Å². The van der Waals surface area contributed by atoms with E-state index in [1.807, 2.05) is 0 Å². The molecule has 3 fully saturated rings. The highest BCUT2D eigenvalue weighted by Crippen LogP contribution is 2.45. The van der Waals surface area contributed by atoms with E-state index in [0.717, 1.165) is 10.5 Å². The number of carbonyl (C=O) groups excluding carboxylic acids is 6. The van der Waals surface area contributed by atoms with Crippen molar-refractivity contribution in [1.29, 1.82) is 0 Å². The minimum absolute atomic E-state index is 0.0434. The zero-order valence-corrected chi connectivity index (χ0v) is 33.7. The first kappa shape index (κ1) is 42.3. The Kier molecular flexibility index (Phi) is 11.8. The van der Waals surface area contributed by atoms with Gasteiger partial charge in [0.25, 0.3) is 5.91 Å². The molecule has 5 amide bonds. The maximum Gasteiger partial charge on any atom is 0.410 e. The summed E-state index contributed by atoms with van der Waals surface area (Å²) in [5, 5.41) is 4.58. The van der Waals surface area contributed by atoms with Gasteiger partial charge >= 0.3 is 12.2 Å². The van der Waals surface area contributed by atoms with Gasteiger partial charge < -0.3 is 25.0 Å². The van der Waals surface area contributed by atoms with Gasteiger partial charge in [-0.2, -0.15) is 0 Å². The monoisotopic (exact) mass is 801 g/mol. The summed E-state index contributed by atoms with van der Waals surface area (Å²) in [5.41, 5.74) is -2.22. The summed E-state index contributed by atoms with van der Waals surface area (Å²) >= 11 is 0. The minimum Gasteiger partial charge on any atom is -0.444 e. The molecule has 1 aromatic rings. The lowest BCUT2D eigenvalue weighted by Crippen LogP contribution is -2.61. The zero-order valence-electron chi connectivity index (χ0n) is 32.9. The van der Waals surface area contributed by atoms with Crippen molar-refractivity contribution in [1.82, 2.24) is 25.2 Å². The van der Waals surface area contributed by atoms with Crippen LogP contribution < -0.4 is 15.4 Å². The number of alkyl carbamates (subject to hydrolysis) is 1. The molecule has 15 nitrogen and oxygen atoms in total. The molecule has 0 spiro atoms. The second kappa shape index (κ2) is 15.6. The van der Waals surface area contributed by atoms with E-state index in [1.165, 1.54) is 29.2 Å². The van der Waals surface area contributed by atoms with Crippen molar-refractivity contribution in [2.24, 2.45) is 11.3 Å². The van der Waals surface area contributed by atoms with Crippen molar-refractivity contribution < 1.29 is 51.0 Å². The number of carbonyl (C=O) groups is 6. The Balaban J connectivity index is 1.44. The molecule has 2 heterocycles. The fourth-order valence-electron chi connectivity index (χ4n) is 7.23. The van der Waals surface area contributed by atoms with Gasteiger partial charge in [-0.3, -0.25) is 28.8 Å². The fraction of sp³-hybridized carbons (Fsp3) is 0.590. The molecule has 1 unspecified atom stereocenters. The molecule has 0 radical (unpaired) electrons. The van der Waals surface area contributed by atoms with Gasteiger partial charge in [-0.05, 0) is 71.6 Å². The molecule has 0 aromatic heterocycles. The number of likely N-dealkylation sites (tertiary alicyclic amines) is 1. The number of sulfonamides is 1.